The molecule has 6 nitrogen and oxygen atoms in total. The molecule has 0 saturated carbocycles. The van der Waals surface area contributed by atoms with E-state index in [2.05, 4.69) is 15.5 Å². The van der Waals surface area contributed by atoms with Gasteiger partial charge in [0.15, 0.2) is 6.61 Å². The Kier molecular flexibility index (Phi) is 6.84. The van der Waals surface area contributed by atoms with Gasteiger partial charge in [-0.1, -0.05) is 51.7 Å². The molecule has 0 spiro atoms. The number of rotatable bonds is 7. The molecule has 3 aromatic rings. The van der Waals surface area contributed by atoms with E-state index < -0.39 is 0 Å². The topological polar surface area (TPSA) is 77.2 Å². The second-order valence-corrected chi connectivity index (χ2v) is 7.45. The van der Waals surface area contributed by atoms with Crippen LogP contribution in [-0.2, 0) is 11.4 Å². The number of anilines is 1. The van der Waals surface area contributed by atoms with Crippen LogP contribution in [-0.4, -0.2) is 21.8 Å². The summed E-state index contributed by atoms with van der Waals surface area (Å²) in [7, 11) is 0. The monoisotopic (exact) mass is 443 g/mol. The van der Waals surface area contributed by atoms with Crippen molar-refractivity contribution in [1.82, 2.24) is 10.1 Å². The van der Waals surface area contributed by atoms with Crippen molar-refractivity contribution < 1.29 is 14.1 Å². The number of hydrogen-bond acceptors (Lipinski definition) is 6. The third kappa shape index (κ3) is 6.32. The fraction of sp³-hybridized carbons (Fsp3) is 0.118. The Bertz CT molecular complexity index is 914. The van der Waals surface area contributed by atoms with Gasteiger partial charge in [0.1, 0.15) is 5.75 Å². The van der Waals surface area contributed by atoms with Gasteiger partial charge in [0.2, 0.25) is 11.7 Å². The molecule has 1 N–H and O–H groups in total. The lowest BCUT2D eigenvalue weighted by Gasteiger charge is -2.04. The molecule has 0 radical (unpaired) electrons. The predicted octanol–water partition coefficient (Wildman–Crippen LogP) is 5.34. The quantitative estimate of drug-likeness (QED) is 0.496. The number of nitrogens with one attached hydrogen (secondary N) is 1. The standard InChI is InChI=1S/C17H12Cl3N3O3S/c18-10-1-3-13(4-2-10)21-16(24)9-27-17-22-15(23-26-17)8-25-14-6-11(19)5-12(20)7-14/h1-7H,8-9H2,(H,21,24). The molecular formula is C17H12Cl3N3O3S. The first-order valence-corrected chi connectivity index (χ1v) is 9.69. The zero-order chi connectivity index (χ0) is 19.2. The Morgan fingerprint density at radius 1 is 1.07 bits per heavy atom. The summed E-state index contributed by atoms with van der Waals surface area (Å²) >= 11 is 18.7. The second-order valence-electron chi connectivity index (χ2n) is 5.21. The minimum atomic E-state index is -0.202. The van der Waals surface area contributed by atoms with E-state index in [0.717, 1.165) is 11.8 Å². The van der Waals surface area contributed by atoms with E-state index in [1.165, 1.54) is 0 Å². The molecule has 2 aromatic carbocycles. The van der Waals surface area contributed by atoms with E-state index in [1.807, 2.05) is 0 Å². The summed E-state index contributed by atoms with van der Waals surface area (Å²) in [6.07, 6.45) is 0. The lowest BCUT2D eigenvalue weighted by Crippen LogP contribution is -2.13. The number of benzene rings is 2. The molecule has 10 heteroatoms. The summed E-state index contributed by atoms with van der Waals surface area (Å²) in [5.41, 5.74) is 0.657. The van der Waals surface area contributed by atoms with Crippen LogP contribution in [0.5, 0.6) is 5.75 Å². The minimum absolute atomic E-state index is 0.0811. The van der Waals surface area contributed by atoms with E-state index in [-0.39, 0.29) is 23.5 Å². The molecule has 1 aromatic heterocycles. The first-order chi connectivity index (χ1) is 13.0. The van der Waals surface area contributed by atoms with Crippen LogP contribution in [0.15, 0.2) is 52.2 Å². The Labute approximate surface area is 174 Å². The van der Waals surface area contributed by atoms with Crippen LogP contribution < -0.4 is 10.1 Å². The summed E-state index contributed by atoms with van der Waals surface area (Å²) in [5.74, 6) is 0.752. The summed E-state index contributed by atoms with van der Waals surface area (Å²) in [6, 6.07) is 11.7. The maximum Gasteiger partial charge on any atom is 0.286 e. The molecule has 0 aliphatic carbocycles. The van der Waals surface area contributed by atoms with Crippen molar-refractivity contribution in [3.63, 3.8) is 0 Å². The average molecular weight is 445 g/mol. The van der Waals surface area contributed by atoms with Crippen molar-refractivity contribution in [2.75, 3.05) is 11.1 Å². The molecule has 0 bridgehead atoms. The van der Waals surface area contributed by atoms with Gasteiger partial charge in [0.05, 0.1) is 5.75 Å². The second kappa shape index (κ2) is 9.32. The Hall–Kier alpha value is -1.93. The van der Waals surface area contributed by atoms with Gasteiger partial charge in [0, 0.05) is 20.8 Å². The third-order valence-corrected chi connectivity index (χ3v) is 4.62. The molecule has 1 heterocycles. The maximum atomic E-state index is 11.9. The largest absolute Gasteiger partial charge is 0.485 e. The minimum Gasteiger partial charge on any atom is -0.485 e. The van der Waals surface area contributed by atoms with E-state index in [9.17, 15) is 4.79 Å². The number of ether oxygens (including phenoxy) is 1. The highest BCUT2D eigenvalue weighted by molar-refractivity contribution is 7.99. The van der Waals surface area contributed by atoms with Crippen LogP contribution in [0.4, 0.5) is 5.69 Å². The van der Waals surface area contributed by atoms with Gasteiger partial charge in [-0.3, -0.25) is 4.79 Å². The predicted molar refractivity (Wildman–Crippen MR) is 106 cm³/mol. The lowest BCUT2D eigenvalue weighted by atomic mass is 10.3. The van der Waals surface area contributed by atoms with Crippen LogP contribution in [0.1, 0.15) is 5.82 Å². The number of hydrogen-bond donors (Lipinski definition) is 1. The highest BCUT2D eigenvalue weighted by Crippen LogP contribution is 2.25. The number of carbonyl (C=O) groups excluding carboxylic acids is 1. The van der Waals surface area contributed by atoms with Crippen molar-refractivity contribution in [3.05, 3.63) is 63.4 Å². The Balaban J connectivity index is 1.47. The van der Waals surface area contributed by atoms with Gasteiger partial charge in [-0.05, 0) is 42.5 Å². The van der Waals surface area contributed by atoms with Crippen molar-refractivity contribution in [2.45, 2.75) is 11.8 Å². The fourth-order valence-corrected chi connectivity index (χ4v) is 3.19. The van der Waals surface area contributed by atoms with Gasteiger partial charge < -0.3 is 14.6 Å². The molecule has 0 aliphatic rings. The summed E-state index contributed by atoms with van der Waals surface area (Å²) < 4.78 is 10.6. The van der Waals surface area contributed by atoms with Crippen molar-refractivity contribution in [2.24, 2.45) is 0 Å². The van der Waals surface area contributed by atoms with E-state index >= 15 is 0 Å². The molecule has 0 atom stereocenters. The summed E-state index contributed by atoms with van der Waals surface area (Å²) in [5, 5.41) is 8.35. The normalized spacial score (nSPS) is 10.6. The highest BCUT2D eigenvalue weighted by Gasteiger charge is 2.11. The van der Waals surface area contributed by atoms with Crippen LogP contribution in [0.2, 0.25) is 15.1 Å². The van der Waals surface area contributed by atoms with Gasteiger partial charge in [-0.25, -0.2) is 0 Å². The zero-order valence-electron chi connectivity index (χ0n) is 13.6. The van der Waals surface area contributed by atoms with E-state index in [0.29, 0.717) is 32.3 Å². The SMILES string of the molecule is O=C(CSc1nc(COc2cc(Cl)cc(Cl)c2)no1)Nc1ccc(Cl)cc1. The van der Waals surface area contributed by atoms with Gasteiger partial charge >= 0.3 is 0 Å². The van der Waals surface area contributed by atoms with Gasteiger partial charge in [-0.2, -0.15) is 4.98 Å². The van der Waals surface area contributed by atoms with E-state index in [1.54, 1.807) is 42.5 Å². The van der Waals surface area contributed by atoms with Crippen LogP contribution in [0.25, 0.3) is 0 Å². The number of thioether (sulfide) groups is 1. The van der Waals surface area contributed by atoms with Gasteiger partial charge in [0.25, 0.3) is 5.22 Å². The summed E-state index contributed by atoms with van der Waals surface area (Å²) in [4.78, 5) is 16.1. The smallest absolute Gasteiger partial charge is 0.286 e. The first kappa shape index (κ1) is 19.8. The van der Waals surface area contributed by atoms with Crippen molar-refractivity contribution in [1.29, 1.82) is 0 Å². The van der Waals surface area contributed by atoms with Crippen molar-refractivity contribution >= 4 is 58.2 Å². The number of nitrogens with zero attached hydrogens (tertiary/aromatic N) is 2. The zero-order valence-corrected chi connectivity index (χ0v) is 16.7. The van der Waals surface area contributed by atoms with Crippen LogP contribution >= 0.6 is 46.6 Å². The molecule has 27 heavy (non-hydrogen) atoms. The number of carbonyl (C=O) groups is 1. The third-order valence-electron chi connectivity index (χ3n) is 3.11. The van der Waals surface area contributed by atoms with Crippen LogP contribution in [0, 0.1) is 0 Å². The molecule has 0 fully saturated rings. The number of halogens is 3. The number of amides is 1. The maximum absolute atomic E-state index is 11.9. The molecule has 1 amide bonds. The summed E-state index contributed by atoms with van der Waals surface area (Å²) in [6.45, 7) is 0.0811. The first-order valence-electron chi connectivity index (χ1n) is 7.57. The molecular weight excluding hydrogens is 433 g/mol. The Morgan fingerprint density at radius 2 is 1.78 bits per heavy atom. The molecule has 140 valence electrons. The van der Waals surface area contributed by atoms with Crippen molar-refractivity contribution in [3.8, 4) is 5.75 Å². The average Bonchev–Trinajstić information content (AvgIpc) is 3.07. The Morgan fingerprint density at radius 3 is 2.48 bits per heavy atom. The highest BCUT2D eigenvalue weighted by atomic mass is 35.5. The van der Waals surface area contributed by atoms with Gasteiger partial charge in [-0.15, -0.1) is 0 Å². The molecule has 0 saturated heterocycles. The fourth-order valence-electron chi connectivity index (χ4n) is 1.97. The molecule has 0 aliphatic heterocycles. The lowest BCUT2D eigenvalue weighted by molar-refractivity contribution is -0.113. The number of aromatic nitrogens is 2. The molecule has 0 unspecified atom stereocenters. The van der Waals surface area contributed by atoms with E-state index in [4.69, 9.17) is 44.1 Å². The molecule has 3 rings (SSSR count). The van der Waals surface area contributed by atoms with Crippen LogP contribution in [0.3, 0.4) is 0 Å².